The van der Waals surface area contributed by atoms with Crippen LogP contribution in [0.5, 0.6) is 0 Å². The molecule has 2 fully saturated rings. The summed E-state index contributed by atoms with van der Waals surface area (Å²) in [5, 5.41) is 3.65. The number of piperidine rings is 1. The molecule has 0 spiro atoms. The van der Waals surface area contributed by atoms with Crippen molar-refractivity contribution in [3.8, 4) is 0 Å². The predicted octanol–water partition coefficient (Wildman–Crippen LogP) is 3.03. The van der Waals surface area contributed by atoms with Crippen molar-refractivity contribution < 1.29 is 0 Å². The van der Waals surface area contributed by atoms with Crippen LogP contribution in [-0.4, -0.2) is 40.1 Å². The van der Waals surface area contributed by atoms with E-state index in [4.69, 9.17) is 0 Å². The Balaban J connectivity index is 1.56. The van der Waals surface area contributed by atoms with Crippen molar-refractivity contribution in [2.75, 3.05) is 25.0 Å². The molecule has 0 unspecified atom stereocenters. The second kappa shape index (κ2) is 6.61. The Hall–Kier alpha value is -1.03. The molecule has 0 bridgehead atoms. The Morgan fingerprint density at radius 1 is 1.10 bits per heavy atom. The van der Waals surface area contributed by atoms with E-state index < -0.39 is 0 Å². The molecule has 1 aliphatic carbocycles. The third-order valence-corrected chi connectivity index (χ3v) is 4.69. The molecule has 1 aliphatic heterocycles. The number of likely N-dealkylation sites (tertiary alicyclic amines) is 1. The normalized spacial score (nSPS) is 21.4. The second-order valence-electron chi connectivity index (χ2n) is 6.43. The molecule has 4 heteroatoms. The lowest BCUT2D eigenvalue weighted by Gasteiger charge is -2.26. The number of nitrogens with one attached hydrogen (secondary N) is 1. The molecule has 0 amide bonds. The number of anilines is 1. The van der Waals surface area contributed by atoms with Crippen LogP contribution < -0.4 is 5.32 Å². The van der Waals surface area contributed by atoms with E-state index in [2.05, 4.69) is 32.9 Å². The zero-order valence-electron chi connectivity index (χ0n) is 12.8. The van der Waals surface area contributed by atoms with Gasteiger partial charge in [-0.15, -0.1) is 0 Å². The molecular formula is C16H28N4. The van der Waals surface area contributed by atoms with Crippen LogP contribution in [0.3, 0.4) is 0 Å². The second-order valence-corrected chi connectivity index (χ2v) is 6.43. The summed E-state index contributed by atoms with van der Waals surface area (Å²) in [7, 11) is 0. The number of imidazole rings is 1. The molecule has 3 rings (SSSR count). The van der Waals surface area contributed by atoms with Crippen molar-refractivity contribution in [1.29, 1.82) is 0 Å². The quantitative estimate of drug-likeness (QED) is 0.897. The van der Waals surface area contributed by atoms with E-state index in [0.717, 1.165) is 24.7 Å². The predicted molar refractivity (Wildman–Crippen MR) is 83.1 cm³/mol. The van der Waals surface area contributed by atoms with E-state index in [0.29, 0.717) is 6.04 Å². The van der Waals surface area contributed by atoms with Gasteiger partial charge in [0.15, 0.2) is 0 Å². The third-order valence-electron chi connectivity index (χ3n) is 4.69. The average molecular weight is 276 g/mol. The number of hydrogen-bond acceptors (Lipinski definition) is 3. The minimum atomic E-state index is 0.644. The summed E-state index contributed by atoms with van der Waals surface area (Å²) in [4.78, 5) is 7.27. The first kappa shape index (κ1) is 13.9. The van der Waals surface area contributed by atoms with Gasteiger partial charge in [-0.3, -0.25) is 0 Å². The molecule has 1 aromatic rings. The van der Waals surface area contributed by atoms with Crippen LogP contribution in [0.2, 0.25) is 0 Å². The monoisotopic (exact) mass is 276 g/mol. The average Bonchev–Trinajstić information content (AvgIpc) is 3.08. The standard InChI is InChI=1S/C16H28N4/c1-14-13-20(12-11-19-9-5-2-6-10-19)16(17-14)18-15-7-3-4-8-15/h13,15H,2-12H2,1H3,(H,17,18). The van der Waals surface area contributed by atoms with E-state index in [1.54, 1.807) is 0 Å². The molecule has 112 valence electrons. The number of rotatable bonds is 5. The number of nitrogens with zero attached hydrogens (tertiary/aromatic N) is 3. The van der Waals surface area contributed by atoms with E-state index in [-0.39, 0.29) is 0 Å². The molecule has 2 aliphatic rings. The van der Waals surface area contributed by atoms with Gasteiger partial charge in [0.25, 0.3) is 0 Å². The van der Waals surface area contributed by atoms with Crippen LogP contribution >= 0.6 is 0 Å². The highest BCUT2D eigenvalue weighted by Gasteiger charge is 2.17. The first-order valence-electron chi connectivity index (χ1n) is 8.34. The fraction of sp³-hybridized carbons (Fsp3) is 0.812. The van der Waals surface area contributed by atoms with E-state index in [9.17, 15) is 0 Å². The van der Waals surface area contributed by atoms with Crippen molar-refractivity contribution in [1.82, 2.24) is 14.5 Å². The summed E-state index contributed by atoms with van der Waals surface area (Å²) in [6.07, 6.45) is 11.7. The van der Waals surface area contributed by atoms with E-state index >= 15 is 0 Å². The van der Waals surface area contributed by atoms with Gasteiger partial charge in [-0.1, -0.05) is 19.3 Å². The minimum absolute atomic E-state index is 0.644. The summed E-state index contributed by atoms with van der Waals surface area (Å²) in [5.41, 5.74) is 1.13. The van der Waals surface area contributed by atoms with Crippen molar-refractivity contribution in [2.45, 2.75) is 64.5 Å². The van der Waals surface area contributed by atoms with Crippen molar-refractivity contribution in [3.05, 3.63) is 11.9 Å². The van der Waals surface area contributed by atoms with Crippen LogP contribution in [0.15, 0.2) is 6.20 Å². The molecular weight excluding hydrogens is 248 g/mol. The van der Waals surface area contributed by atoms with Gasteiger partial charge < -0.3 is 14.8 Å². The van der Waals surface area contributed by atoms with Crippen LogP contribution in [-0.2, 0) is 6.54 Å². The molecule has 1 aromatic heterocycles. The summed E-state index contributed by atoms with van der Waals surface area (Å²) in [5.74, 6) is 1.09. The van der Waals surface area contributed by atoms with Crippen molar-refractivity contribution in [2.24, 2.45) is 0 Å². The Labute approximate surface area is 122 Å². The first-order chi connectivity index (χ1) is 9.81. The highest BCUT2D eigenvalue weighted by Crippen LogP contribution is 2.22. The van der Waals surface area contributed by atoms with Gasteiger partial charge in [-0.25, -0.2) is 4.98 Å². The van der Waals surface area contributed by atoms with Gasteiger partial charge in [0, 0.05) is 25.3 Å². The molecule has 1 saturated carbocycles. The minimum Gasteiger partial charge on any atom is -0.353 e. The number of aryl methyl sites for hydroxylation is 1. The Bertz CT molecular complexity index is 414. The smallest absolute Gasteiger partial charge is 0.203 e. The molecule has 2 heterocycles. The highest BCUT2D eigenvalue weighted by atomic mass is 15.2. The number of aromatic nitrogens is 2. The summed E-state index contributed by atoms with van der Waals surface area (Å²) >= 11 is 0. The Morgan fingerprint density at radius 3 is 2.60 bits per heavy atom. The van der Waals surface area contributed by atoms with Crippen LogP contribution in [0.1, 0.15) is 50.6 Å². The largest absolute Gasteiger partial charge is 0.353 e. The topological polar surface area (TPSA) is 33.1 Å². The lowest BCUT2D eigenvalue weighted by molar-refractivity contribution is 0.221. The first-order valence-corrected chi connectivity index (χ1v) is 8.34. The highest BCUT2D eigenvalue weighted by molar-refractivity contribution is 5.30. The Kier molecular flexibility index (Phi) is 4.61. The molecule has 1 N–H and O–H groups in total. The van der Waals surface area contributed by atoms with Gasteiger partial charge in [-0.05, 0) is 45.7 Å². The van der Waals surface area contributed by atoms with Crippen molar-refractivity contribution >= 4 is 5.95 Å². The lowest BCUT2D eigenvalue weighted by atomic mass is 10.1. The van der Waals surface area contributed by atoms with E-state index in [1.165, 1.54) is 58.0 Å². The van der Waals surface area contributed by atoms with Crippen LogP contribution in [0.4, 0.5) is 5.95 Å². The van der Waals surface area contributed by atoms with Gasteiger partial charge >= 0.3 is 0 Å². The molecule has 0 atom stereocenters. The molecule has 1 saturated heterocycles. The maximum atomic E-state index is 4.67. The van der Waals surface area contributed by atoms with Gasteiger partial charge in [-0.2, -0.15) is 0 Å². The molecule has 0 aromatic carbocycles. The van der Waals surface area contributed by atoms with E-state index in [1.807, 2.05) is 0 Å². The van der Waals surface area contributed by atoms with Gasteiger partial charge in [0.05, 0.1) is 5.69 Å². The van der Waals surface area contributed by atoms with Gasteiger partial charge in [0.2, 0.25) is 5.95 Å². The SMILES string of the molecule is Cc1cn(CCN2CCCCC2)c(NC2CCCC2)n1. The molecule has 20 heavy (non-hydrogen) atoms. The summed E-state index contributed by atoms with van der Waals surface area (Å²) in [6.45, 7) is 6.88. The maximum absolute atomic E-state index is 4.67. The zero-order chi connectivity index (χ0) is 13.8. The maximum Gasteiger partial charge on any atom is 0.203 e. The van der Waals surface area contributed by atoms with Gasteiger partial charge in [0.1, 0.15) is 0 Å². The summed E-state index contributed by atoms with van der Waals surface area (Å²) < 4.78 is 2.32. The van der Waals surface area contributed by atoms with Crippen LogP contribution in [0, 0.1) is 6.92 Å². The summed E-state index contributed by atoms with van der Waals surface area (Å²) in [6, 6.07) is 0.644. The van der Waals surface area contributed by atoms with Crippen LogP contribution in [0.25, 0.3) is 0 Å². The number of hydrogen-bond donors (Lipinski definition) is 1. The molecule has 4 nitrogen and oxygen atoms in total. The fourth-order valence-corrected chi connectivity index (χ4v) is 3.52. The third kappa shape index (κ3) is 3.54. The van der Waals surface area contributed by atoms with Crippen molar-refractivity contribution in [3.63, 3.8) is 0 Å². The fourth-order valence-electron chi connectivity index (χ4n) is 3.52. The zero-order valence-corrected chi connectivity index (χ0v) is 12.8. The molecule has 0 radical (unpaired) electrons. The Morgan fingerprint density at radius 2 is 1.85 bits per heavy atom. The lowest BCUT2D eigenvalue weighted by Crippen LogP contribution is -2.32.